The Hall–Kier alpha value is -2.94. The number of carbonyl (C=O) groups is 1. The number of rotatable bonds is 6. The van der Waals surface area contributed by atoms with E-state index >= 15 is 0 Å². The van der Waals surface area contributed by atoms with Crippen LogP contribution in [0.2, 0.25) is 0 Å². The van der Waals surface area contributed by atoms with E-state index < -0.39 is 0 Å². The number of aryl methyl sites for hydroxylation is 1. The van der Waals surface area contributed by atoms with E-state index in [4.69, 9.17) is 14.5 Å². The molecule has 0 aliphatic carbocycles. The Balaban J connectivity index is 1.73. The molecule has 1 amide bonds. The highest BCUT2D eigenvalue weighted by molar-refractivity contribution is 5.84. The van der Waals surface area contributed by atoms with Crippen LogP contribution in [0.5, 0.6) is 5.88 Å². The summed E-state index contributed by atoms with van der Waals surface area (Å²) in [6.07, 6.45) is 5.65. The first-order valence-corrected chi connectivity index (χ1v) is 10.1. The SMILES string of the molecule is COC[C@@H](Oc1nc(-c2cnn(C(C)(C)C)c2)cc2ncn(C)c12)C1CNC(=O)C1. The number of pyridine rings is 1. The van der Waals surface area contributed by atoms with Gasteiger partial charge in [0.1, 0.15) is 11.6 Å². The maximum Gasteiger partial charge on any atom is 0.241 e. The molecule has 1 saturated heterocycles. The molecule has 1 N–H and O–H groups in total. The lowest BCUT2D eigenvalue weighted by Gasteiger charge is -2.23. The predicted octanol–water partition coefficient (Wildman–Crippen LogP) is 2.12. The molecule has 1 unspecified atom stereocenters. The normalized spacial score (nSPS) is 18.0. The maximum absolute atomic E-state index is 11.7. The van der Waals surface area contributed by atoms with Crippen LogP contribution in [0.1, 0.15) is 27.2 Å². The monoisotopic (exact) mass is 412 g/mol. The Morgan fingerprint density at radius 3 is 2.80 bits per heavy atom. The first kappa shape index (κ1) is 20.3. The summed E-state index contributed by atoms with van der Waals surface area (Å²) >= 11 is 0. The van der Waals surface area contributed by atoms with Crippen molar-refractivity contribution in [1.82, 2.24) is 29.6 Å². The van der Waals surface area contributed by atoms with Crippen LogP contribution in [0, 0.1) is 5.92 Å². The number of hydrogen-bond acceptors (Lipinski definition) is 6. The van der Waals surface area contributed by atoms with Gasteiger partial charge in [-0.15, -0.1) is 0 Å². The van der Waals surface area contributed by atoms with Crippen molar-refractivity contribution in [3.63, 3.8) is 0 Å². The van der Waals surface area contributed by atoms with E-state index in [1.807, 2.05) is 28.6 Å². The Kier molecular flexibility index (Phi) is 5.23. The molecule has 9 heteroatoms. The molecule has 0 aromatic carbocycles. The summed E-state index contributed by atoms with van der Waals surface area (Å²) in [6.45, 7) is 7.23. The number of nitrogens with zero attached hydrogens (tertiary/aromatic N) is 5. The van der Waals surface area contributed by atoms with Crippen molar-refractivity contribution in [2.75, 3.05) is 20.3 Å². The van der Waals surface area contributed by atoms with Crippen molar-refractivity contribution < 1.29 is 14.3 Å². The number of carbonyl (C=O) groups excluding carboxylic acids is 1. The van der Waals surface area contributed by atoms with Gasteiger partial charge in [-0.2, -0.15) is 5.10 Å². The molecule has 9 nitrogen and oxygen atoms in total. The van der Waals surface area contributed by atoms with Crippen LogP contribution < -0.4 is 10.1 Å². The van der Waals surface area contributed by atoms with Gasteiger partial charge in [-0.05, 0) is 26.8 Å². The van der Waals surface area contributed by atoms with Gasteiger partial charge in [0.05, 0.1) is 35.9 Å². The molecule has 1 fully saturated rings. The molecule has 0 saturated carbocycles. The molecule has 0 bridgehead atoms. The summed E-state index contributed by atoms with van der Waals surface area (Å²) in [6, 6.07) is 1.94. The molecular formula is C21H28N6O3. The van der Waals surface area contributed by atoms with Crippen molar-refractivity contribution >= 4 is 16.9 Å². The minimum atomic E-state index is -0.299. The van der Waals surface area contributed by atoms with Crippen molar-refractivity contribution in [1.29, 1.82) is 0 Å². The van der Waals surface area contributed by atoms with Crippen LogP contribution in [0.4, 0.5) is 0 Å². The largest absolute Gasteiger partial charge is 0.470 e. The minimum absolute atomic E-state index is 0.0230. The van der Waals surface area contributed by atoms with Crippen LogP contribution in [0.3, 0.4) is 0 Å². The molecule has 1 aliphatic heterocycles. The molecule has 30 heavy (non-hydrogen) atoms. The zero-order chi connectivity index (χ0) is 21.5. The highest BCUT2D eigenvalue weighted by Gasteiger charge is 2.32. The average molecular weight is 412 g/mol. The van der Waals surface area contributed by atoms with Gasteiger partial charge < -0.3 is 19.4 Å². The van der Waals surface area contributed by atoms with Crippen molar-refractivity contribution in [2.45, 2.75) is 38.8 Å². The molecule has 160 valence electrons. The third-order valence-corrected chi connectivity index (χ3v) is 5.36. The Morgan fingerprint density at radius 2 is 2.17 bits per heavy atom. The van der Waals surface area contributed by atoms with Gasteiger partial charge in [0.2, 0.25) is 11.8 Å². The molecule has 4 heterocycles. The molecule has 3 aromatic heterocycles. The standard InChI is InChI=1S/C21H28N6O3/c1-21(2,3)27-10-14(9-24-27)15-7-16-19(26(4)12-23-16)20(25-15)30-17(11-29-5)13-6-18(28)22-8-13/h7,9-10,12-13,17H,6,8,11H2,1-5H3,(H,22,28)/t13?,17-/m1/s1. The molecule has 1 aliphatic rings. The second kappa shape index (κ2) is 7.71. The molecule has 0 spiro atoms. The smallest absolute Gasteiger partial charge is 0.241 e. The lowest BCUT2D eigenvalue weighted by molar-refractivity contribution is -0.119. The summed E-state index contributed by atoms with van der Waals surface area (Å²) < 4.78 is 15.5. The number of methoxy groups -OCH3 is 1. The van der Waals surface area contributed by atoms with Crippen LogP contribution in [-0.4, -0.2) is 56.6 Å². The summed E-state index contributed by atoms with van der Waals surface area (Å²) in [5.74, 6) is 0.536. The number of amides is 1. The fraction of sp³-hybridized carbons (Fsp3) is 0.524. The third kappa shape index (κ3) is 3.89. The lowest BCUT2D eigenvalue weighted by Crippen LogP contribution is -2.33. The number of ether oxygens (including phenoxy) is 2. The predicted molar refractivity (Wildman–Crippen MR) is 112 cm³/mol. The van der Waals surface area contributed by atoms with Gasteiger partial charge in [0.25, 0.3) is 0 Å². The zero-order valence-electron chi connectivity index (χ0n) is 18.0. The van der Waals surface area contributed by atoms with E-state index in [9.17, 15) is 4.79 Å². The fourth-order valence-electron chi connectivity index (χ4n) is 3.65. The first-order chi connectivity index (χ1) is 14.3. The van der Waals surface area contributed by atoms with E-state index in [0.29, 0.717) is 25.5 Å². The van der Waals surface area contributed by atoms with Gasteiger partial charge in [-0.1, -0.05) is 0 Å². The third-order valence-electron chi connectivity index (χ3n) is 5.36. The topological polar surface area (TPSA) is 96.1 Å². The van der Waals surface area contributed by atoms with Crippen LogP contribution in [0.25, 0.3) is 22.3 Å². The number of fused-ring (bicyclic) bond motifs is 1. The van der Waals surface area contributed by atoms with Crippen LogP contribution in [0.15, 0.2) is 24.8 Å². The minimum Gasteiger partial charge on any atom is -0.470 e. The summed E-state index contributed by atoms with van der Waals surface area (Å²) in [4.78, 5) is 21.0. The van der Waals surface area contributed by atoms with Crippen molar-refractivity contribution in [2.24, 2.45) is 13.0 Å². The zero-order valence-corrected chi connectivity index (χ0v) is 18.0. The van der Waals surface area contributed by atoms with E-state index in [2.05, 4.69) is 36.2 Å². The average Bonchev–Trinajstić information content (AvgIpc) is 3.41. The van der Waals surface area contributed by atoms with E-state index in [-0.39, 0.29) is 23.5 Å². The molecule has 2 atom stereocenters. The highest BCUT2D eigenvalue weighted by atomic mass is 16.5. The van der Waals surface area contributed by atoms with Crippen LogP contribution >= 0.6 is 0 Å². The first-order valence-electron chi connectivity index (χ1n) is 10.1. The number of aromatic nitrogens is 5. The quantitative estimate of drug-likeness (QED) is 0.666. The fourth-order valence-corrected chi connectivity index (χ4v) is 3.65. The van der Waals surface area contributed by atoms with Gasteiger partial charge in [-0.25, -0.2) is 9.97 Å². The Morgan fingerprint density at radius 1 is 1.37 bits per heavy atom. The van der Waals surface area contributed by atoms with Gasteiger partial charge in [-0.3, -0.25) is 9.48 Å². The maximum atomic E-state index is 11.7. The van der Waals surface area contributed by atoms with Gasteiger partial charge >= 0.3 is 0 Å². The molecule has 3 aromatic rings. The van der Waals surface area contributed by atoms with E-state index in [0.717, 1.165) is 22.3 Å². The Labute approximate surface area is 175 Å². The molecule has 0 radical (unpaired) electrons. The second-order valence-electron chi connectivity index (χ2n) is 8.76. The number of hydrogen-bond donors (Lipinski definition) is 1. The summed E-state index contributed by atoms with van der Waals surface area (Å²) in [7, 11) is 3.54. The number of imidazole rings is 1. The Bertz CT molecular complexity index is 1060. The molecule has 4 rings (SSSR count). The van der Waals surface area contributed by atoms with Crippen LogP contribution in [-0.2, 0) is 22.1 Å². The summed E-state index contributed by atoms with van der Waals surface area (Å²) in [5, 5.41) is 7.35. The van der Waals surface area contributed by atoms with Crippen molar-refractivity contribution in [3.05, 3.63) is 24.8 Å². The van der Waals surface area contributed by atoms with E-state index in [1.165, 1.54) is 0 Å². The number of nitrogens with one attached hydrogen (secondary N) is 1. The van der Waals surface area contributed by atoms with Gasteiger partial charge in [0, 0.05) is 44.8 Å². The van der Waals surface area contributed by atoms with Crippen molar-refractivity contribution in [3.8, 4) is 17.1 Å². The highest BCUT2D eigenvalue weighted by Crippen LogP contribution is 2.31. The summed E-state index contributed by atoms with van der Waals surface area (Å²) in [5.41, 5.74) is 3.10. The second-order valence-corrected chi connectivity index (χ2v) is 8.76. The van der Waals surface area contributed by atoms with E-state index in [1.54, 1.807) is 19.6 Å². The molecular weight excluding hydrogens is 384 g/mol. The van der Waals surface area contributed by atoms with Gasteiger partial charge in [0.15, 0.2) is 0 Å². The lowest BCUT2D eigenvalue weighted by atomic mass is 10.0.